The lowest BCUT2D eigenvalue weighted by molar-refractivity contribution is 0.0948. The van der Waals surface area contributed by atoms with Crippen molar-refractivity contribution in [2.45, 2.75) is 33.4 Å². The van der Waals surface area contributed by atoms with E-state index in [-0.39, 0.29) is 5.91 Å². The third kappa shape index (κ3) is 3.43. The number of hydrogen-bond acceptors (Lipinski definition) is 2. The lowest BCUT2D eigenvalue weighted by atomic mass is 10.1. The SMILES string of the molecule is Cc1ccc(CNC(=O)c2nc(-c3ccn(C(C)C)c3)n3ccccc23)cc1. The number of nitrogens with zero attached hydrogens (tertiary/aromatic N) is 3. The summed E-state index contributed by atoms with van der Waals surface area (Å²) < 4.78 is 4.11. The molecule has 4 aromatic rings. The number of benzene rings is 1. The molecule has 4 rings (SSSR count). The van der Waals surface area contributed by atoms with E-state index < -0.39 is 0 Å². The standard InChI is InChI=1S/C23H24N4O/c1-16(2)26-13-11-19(15-26)22-25-21(20-6-4-5-12-27(20)22)23(28)24-14-18-9-7-17(3)8-10-18/h4-13,15-16H,14H2,1-3H3,(H,24,28). The van der Waals surface area contributed by atoms with Gasteiger partial charge in [0, 0.05) is 36.7 Å². The fraction of sp³-hybridized carbons (Fsp3) is 0.217. The Morgan fingerprint density at radius 2 is 1.86 bits per heavy atom. The van der Waals surface area contributed by atoms with Crippen molar-refractivity contribution in [2.75, 3.05) is 0 Å². The zero-order chi connectivity index (χ0) is 19.7. The lowest BCUT2D eigenvalue weighted by Crippen LogP contribution is -2.23. The highest BCUT2D eigenvalue weighted by atomic mass is 16.1. The van der Waals surface area contributed by atoms with Gasteiger partial charge in [0.05, 0.1) is 5.52 Å². The van der Waals surface area contributed by atoms with Crippen LogP contribution in [0.25, 0.3) is 16.9 Å². The molecule has 0 bridgehead atoms. The van der Waals surface area contributed by atoms with E-state index >= 15 is 0 Å². The van der Waals surface area contributed by atoms with Crippen LogP contribution < -0.4 is 5.32 Å². The monoisotopic (exact) mass is 372 g/mol. The lowest BCUT2D eigenvalue weighted by Gasteiger charge is -2.05. The van der Waals surface area contributed by atoms with E-state index in [0.717, 1.165) is 22.5 Å². The van der Waals surface area contributed by atoms with E-state index in [1.165, 1.54) is 5.56 Å². The number of pyridine rings is 1. The largest absolute Gasteiger partial charge is 0.351 e. The van der Waals surface area contributed by atoms with Crippen LogP contribution in [-0.4, -0.2) is 19.9 Å². The maximum absolute atomic E-state index is 12.9. The van der Waals surface area contributed by atoms with Crippen molar-refractivity contribution in [1.82, 2.24) is 19.3 Å². The molecule has 0 unspecified atom stereocenters. The third-order valence-electron chi connectivity index (χ3n) is 4.91. The summed E-state index contributed by atoms with van der Waals surface area (Å²) >= 11 is 0. The maximum atomic E-state index is 12.9. The molecule has 0 fully saturated rings. The maximum Gasteiger partial charge on any atom is 0.272 e. The number of fused-ring (bicyclic) bond motifs is 1. The van der Waals surface area contributed by atoms with Gasteiger partial charge in [-0.15, -0.1) is 0 Å². The highest BCUT2D eigenvalue weighted by molar-refractivity contribution is 6.00. The first-order chi connectivity index (χ1) is 13.5. The summed E-state index contributed by atoms with van der Waals surface area (Å²) in [5.41, 5.74) is 4.51. The second kappa shape index (κ2) is 7.35. The number of carbonyl (C=O) groups excluding carboxylic acids is 1. The predicted octanol–water partition coefficient (Wildman–Crippen LogP) is 4.62. The number of carbonyl (C=O) groups is 1. The van der Waals surface area contributed by atoms with Gasteiger partial charge in [0.25, 0.3) is 5.91 Å². The average molecular weight is 372 g/mol. The predicted molar refractivity (Wildman–Crippen MR) is 111 cm³/mol. The van der Waals surface area contributed by atoms with E-state index in [1.54, 1.807) is 0 Å². The number of rotatable bonds is 5. The molecule has 3 heterocycles. The molecule has 0 radical (unpaired) electrons. The molecular formula is C23H24N4O. The summed E-state index contributed by atoms with van der Waals surface area (Å²) in [7, 11) is 0. The molecule has 0 spiro atoms. The number of amides is 1. The van der Waals surface area contributed by atoms with E-state index in [9.17, 15) is 4.79 Å². The number of aromatic nitrogens is 3. The molecule has 3 aromatic heterocycles. The first-order valence-corrected chi connectivity index (χ1v) is 9.51. The van der Waals surface area contributed by atoms with Crippen LogP contribution in [0, 0.1) is 6.92 Å². The van der Waals surface area contributed by atoms with Gasteiger partial charge in [0.15, 0.2) is 5.69 Å². The summed E-state index contributed by atoms with van der Waals surface area (Å²) in [5.74, 6) is 0.606. The van der Waals surface area contributed by atoms with E-state index in [0.29, 0.717) is 18.3 Å². The molecule has 5 nitrogen and oxygen atoms in total. The van der Waals surface area contributed by atoms with Crippen LogP contribution in [-0.2, 0) is 6.54 Å². The highest BCUT2D eigenvalue weighted by Gasteiger charge is 2.18. The van der Waals surface area contributed by atoms with Crippen LogP contribution in [0.1, 0.15) is 41.5 Å². The molecule has 1 N–H and O–H groups in total. The molecule has 0 atom stereocenters. The summed E-state index contributed by atoms with van der Waals surface area (Å²) in [5, 5.41) is 3.00. The molecule has 5 heteroatoms. The van der Waals surface area contributed by atoms with E-state index in [2.05, 4.69) is 29.9 Å². The molecule has 1 amide bonds. The van der Waals surface area contributed by atoms with Crippen molar-refractivity contribution in [3.8, 4) is 11.4 Å². The molecule has 0 saturated heterocycles. The fourth-order valence-corrected chi connectivity index (χ4v) is 3.25. The minimum absolute atomic E-state index is 0.168. The van der Waals surface area contributed by atoms with Crippen molar-refractivity contribution < 1.29 is 4.79 Å². The summed E-state index contributed by atoms with van der Waals surface area (Å²) in [6, 6.07) is 16.4. The molecule has 0 saturated carbocycles. The Balaban J connectivity index is 1.65. The van der Waals surface area contributed by atoms with Crippen LogP contribution >= 0.6 is 0 Å². The Bertz CT molecular complexity index is 1120. The smallest absolute Gasteiger partial charge is 0.272 e. The Labute approximate surface area is 164 Å². The summed E-state index contributed by atoms with van der Waals surface area (Å²) in [6.07, 6.45) is 6.06. The molecule has 1 aromatic carbocycles. The Kier molecular flexibility index (Phi) is 4.74. The first kappa shape index (κ1) is 18.0. The quantitative estimate of drug-likeness (QED) is 0.556. The minimum Gasteiger partial charge on any atom is -0.351 e. The van der Waals surface area contributed by atoms with Crippen molar-refractivity contribution >= 4 is 11.4 Å². The van der Waals surface area contributed by atoms with Crippen molar-refractivity contribution in [1.29, 1.82) is 0 Å². The molecule has 0 aliphatic rings. The van der Waals surface area contributed by atoms with Crippen LogP contribution in [0.5, 0.6) is 0 Å². The van der Waals surface area contributed by atoms with Gasteiger partial charge in [0.1, 0.15) is 5.82 Å². The van der Waals surface area contributed by atoms with Gasteiger partial charge in [0.2, 0.25) is 0 Å². The topological polar surface area (TPSA) is 51.3 Å². The van der Waals surface area contributed by atoms with E-state index in [4.69, 9.17) is 4.98 Å². The van der Waals surface area contributed by atoms with Gasteiger partial charge >= 0.3 is 0 Å². The number of aryl methyl sites for hydroxylation is 1. The second-order valence-electron chi connectivity index (χ2n) is 7.35. The van der Waals surface area contributed by atoms with Crippen LogP contribution in [0.3, 0.4) is 0 Å². The van der Waals surface area contributed by atoms with Gasteiger partial charge in [-0.05, 0) is 44.5 Å². The molecular weight excluding hydrogens is 348 g/mol. The zero-order valence-electron chi connectivity index (χ0n) is 16.4. The fourth-order valence-electron chi connectivity index (χ4n) is 3.25. The van der Waals surface area contributed by atoms with Gasteiger partial charge in [-0.3, -0.25) is 9.20 Å². The van der Waals surface area contributed by atoms with Gasteiger partial charge in [-0.2, -0.15) is 0 Å². The first-order valence-electron chi connectivity index (χ1n) is 9.51. The van der Waals surface area contributed by atoms with Crippen LogP contribution in [0.2, 0.25) is 0 Å². The van der Waals surface area contributed by atoms with Crippen molar-refractivity contribution in [3.05, 3.63) is 83.9 Å². The van der Waals surface area contributed by atoms with Gasteiger partial charge < -0.3 is 9.88 Å². The van der Waals surface area contributed by atoms with Crippen molar-refractivity contribution in [2.24, 2.45) is 0 Å². The number of imidazole rings is 1. The average Bonchev–Trinajstić information content (AvgIpc) is 3.32. The molecule has 0 aliphatic heterocycles. The summed E-state index contributed by atoms with van der Waals surface area (Å²) in [4.78, 5) is 17.6. The zero-order valence-corrected chi connectivity index (χ0v) is 16.4. The Hall–Kier alpha value is -3.34. The van der Waals surface area contributed by atoms with Gasteiger partial charge in [-0.1, -0.05) is 35.9 Å². The number of hydrogen-bond donors (Lipinski definition) is 1. The third-order valence-corrected chi connectivity index (χ3v) is 4.91. The normalized spacial score (nSPS) is 11.3. The van der Waals surface area contributed by atoms with Crippen LogP contribution in [0.15, 0.2) is 67.1 Å². The highest BCUT2D eigenvalue weighted by Crippen LogP contribution is 2.24. The van der Waals surface area contributed by atoms with Crippen LogP contribution in [0.4, 0.5) is 0 Å². The molecule has 28 heavy (non-hydrogen) atoms. The van der Waals surface area contributed by atoms with Gasteiger partial charge in [-0.25, -0.2) is 4.98 Å². The Morgan fingerprint density at radius 1 is 1.07 bits per heavy atom. The van der Waals surface area contributed by atoms with E-state index in [1.807, 2.05) is 72.2 Å². The Morgan fingerprint density at radius 3 is 2.57 bits per heavy atom. The second-order valence-corrected chi connectivity index (χ2v) is 7.35. The molecule has 142 valence electrons. The van der Waals surface area contributed by atoms with Crippen molar-refractivity contribution in [3.63, 3.8) is 0 Å². The minimum atomic E-state index is -0.168. The summed E-state index contributed by atoms with van der Waals surface area (Å²) in [6.45, 7) is 6.80. The molecule has 0 aliphatic carbocycles. The number of nitrogens with one attached hydrogen (secondary N) is 1.